The van der Waals surface area contributed by atoms with Crippen LogP contribution < -0.4 is 5.32 Å². The summed E-state index contributed by atoms with van der Waals surface area (Å²) in [5.74, 6) is -1.18. The Labute approximate surface area is 148 Å². The number of aromatic nitrogens is 4. The van der Waals surface area contributed by atoms with E-state index in [1.165, 1.54) is 23.9 Å². The van der Waals surface area contributed by atoms with E-state index in [1.54, 1.807) is 19.1 Å². The summed E-state index contributed by atoms with van der Waals surface area (Å²) in [6.45, 7) is 2.11. The van der Waals surface area contributed by atoms with Gasteiger partial charge in [-0.15, -0.1) is 0 Å². The Morgan fingerprint density at radius 1 is 1.27 bits per heavy atom. The molecule has 2 heterocycles. The smallest absolute Gasteiger partial charge is 0.338 e. The normalized spacial score (nSPS) is 16.0. The van der Waals surface area contributed by atoms with E-state index < -0.39 is 18.0 Å². The molecule has 3 rings (SSSR count). The monoisotopic (exact) mass is 359 g/mol. The fraction of sp³-hybridized carbons (Fsp3) is 0.312. The Kier molecular flexibility index (Phi) is 4.94. The highest BCUT2D eigenvalue weighted by atomic mass is 16.6. The van der Waals surface area contributed by atoms with Gasteiger partial charge in [-0.25, -0.2) is 9.59 Å². The lowest BCUT2D eigenvalue weighted by Gasteiger charge is -2.27. The molecule has 1 unspecified atom stereocenters. The second-order valence-electron chi connectivity index (χ2n) is 5.57. The van der Waals surface area contributed by atoms with Crippen molar-refractivity contribution < 1.29 is 24.2 Å². The van der Waals surface area contributed by atoms with E-state index in [0.717, 1.165) is 0 Å². The molecule has 0 aliphatic carbocycles. The number of benzene rings is 1. The first kappa shape index (κ1) is 17.5. The molecule has 0 fully saturated rings. The number of nitrogens with one attached hydrogen (secondary N) is 1. The van der Waals surface area contributed by atoms with Crippen LogP contribution in [0, 0.1) is 0 Å². The molecule has 0 spiro atoms. The molecule has 0 saturated heterocycles. The number of carboxylic acid groups (broad SMARTS) is 1. The number of ether oxygens (including phenoxy) is 2. The molecular formula is C16H17N5O5. The summed E-state index contributed by atoms with van der Waals surface area (Å²) < 4.78 is 11.6. The van der Waals surface area contributed by atoms with Gasteiger partial charge in [-0.05, 0) is 35.0 Å². The number of carbonyl (C=O) groups is 2. The van der Waals surface area contributed by atoms with Gasteiger partial charge in [-0.2, -0.15) is 4.68 Å². The number of carboxylic acids is 1. The van der Waals surface area contributed by atoms with Crippen molar-refractivity contribution in [2.45, 2.75) is 13.0 Å². The summed E-state index contributed by atoms with van der Waals surface area (Å²) in [6, 6.07) is 5.54. The third kappa shape index (κ3) is 3.26. The van der Waals surface area contributed by atoms with E-state index >= 15 is 0 Å². The van der Waals surface area contributed by atoms with Crippen molar-refractivity contribution in [3.05, 3.63) is 46.7 Å². The topological polar surface area (TPSA) is 128 Å². The number of hydrogen-bond donors (Lipinski definition) is 2. The molecule has 26 heavy (non-hydrogen) atoms. The molecule has 1 aliphatic rings. The molecule has 1 aromatic carbocycles. The van der Waals surface area contributed by atoms with Crippen LogP contribution in [-0.4, -0.2) is 57.6 Å². The summed E-state index contributed by atoms with van der Waals surface area (Å²) in [4.78, 5) is 23.7. The van der Waals surface area contributed by atoms with E-state index in [1.807, 2.05) is 0 Å². The first-order valence-corrected chi connectivity index (χ1v) is 7.78. The lowest BCUT2D eigenvalue weighted by molar-refractivity contribution is -0.140. The van der Waals surface area contributed by atoms with Crippen molar-refractivity contribution in [1.29, 1.82) is 0 Å². The quantitative estimate of drug-likeness (QED) is 0.569. The van der Waals surface area contributed by atoms with Gasteiger partial charge in [-0.3, -0.25) is 0 Å². The molecule has 0 radical (unpaired) electrons. The highest BCUT2D eigenvalue weighted by molar-refractivity contribution is 5.92. The van der Waals surface area contributed by atoms with Crippen molar-refractivity contribution in [1.82, 2.24) is 20.2 Å². The molecule has 10 nitrogen and oxygen atoms in total. The number of anilines is 1. The first-order chi connectivity index (χ1) is 12.5. The zero-order valence-electron chi connectivity index (χ0n) is 14.2. The number of tetrazole rings is 1. The maximum atomic E-state index is 12.6. The van der Waals surface area contributed by atoms with E-state index in [9.17, 15) is 9.59 Å². The van der Waals surface area contributed by atoms with Gasteiger partial charge in [0.15, 0.2) is 0 Å². The Balaban J connectivity index is 2.00. The highest BCUT2D eigenvalue weighted by Crippen LogP contribution is 2.34. The standard InChI is InChI=1S/C16H17N5O5/c1-9-12(15(24)26-8-7-25-2)13(21-16(17-9)18-19-20-21)10-3-5-11(6-4-10)14(22)23/h3-6,13H,7-8H2,1-2H3,(H,22,23)(H,17,18,20). The lowest BCUT2D eigenvalue weighted by Crippen LogP contribution is -2.30. The van der Waals surface area contributed by atoms with Crippen LogP contribution in [0.5, 0.6) is 0 Å². The summed E-state index contributed by atoms with van der Waals surface area (Å²) in [7, 11) is 1.51. The van der Waals surface area contributed by atoms with Crippen LogP contribution in [0.4, 0.5) is 5.95 Å². The Hall–Kier alpha value is -3.27. The maximum absolute atomic E-state index is 12.6. The van der Waals surface area contributed by atoms with Crippen LogP contribution in [0.3, 0.4) is 0 Å². The number of hydrogen-bond acceptors (Lipinski definition) is 8. The van der Waals surface area contributed by atoms with Crippen LogP contribution >= 0.6 is 0 Å². The molecule has 10 heteroatoms. The number of aromatic carboxylic acids is 1. The number of esters is 1. The molecule has 0 saturated carbocycles. The van der Waals surface area contributed by atoms with Crippen LogP contribution in [0.15, 0.2) is 35.5 Å². The van der Waals surface area contributed by atoms with Crippen molar-refractivity contribution in [3.8, 4) is 0 Å². The summed E-state index contributed by atoms with van der Waals surface area (Å²) in [5.41, 5.74) is 1.69. The number of methoxy groups -OCH3 is 1. The number of fused-ring (bicyclic) bond motifs is 1. The van der Waals surface area contributed by atoms with Gasteiger partial charge in [0.2, 0.25) is 5.95 Å². The van der Waals surface area contributed by atoms with Gasteiger partial charge in [0, 0.05) is 12.8 Å². The van der Waals surface area contributed by atoms with Gasteiger partial charge >= 0.3 is 11.9 Å². The molecule has 2 aromatic rings. The second kappa shape index (κ2) is 7.31. The Bertz CT molecular complexity index is 858. The van der Waals surface area contributed by atoms with E-state index in [2.05, 4.69) is 20.8 Å². The average Bonchev–Trinajstić information content (AvgIpc) is 3.08. The number of rotatable bonds is 6. The molecule has 136 valence electrons. The predicted molar refractivity (Wildman–Crippen MR) is 88.5 cm³/mol. The van der Waals surface area contributed by atoms with Gasteiger partial charge in [0.1, 0.15) is 12.6 Å². The third-order valence-electron chi connectivity index (χ3n) is 3.93. The average molecular weight is 359 g/mol. The Morgan fingerprint density at radius 3 is 2.65 bits per heavy atom. The Morgan fingerprint density at radius 2 is 2.00 bits per heavy atom. The first-order valence-electron chi connectivity index (χ1n) is 7.78. The van der Waals surface area contributed by atoms with Gasteiger partial charge in [-0.1, -0.05) is 17.2 Å². The second-order valence-corrected chi connectivity index (χ2v) is 5.57. The van der Waals surface area contributed by atoms with Gasteiger partial charge in [0.25, 0.3) is 0 Å². The van der Waals surface area contributed by atoms with Crippen LogP contribution in [-0.2, 0) is 14.3 Å². The minimum absolute atomic E-state index is 0.110. The van der Waals surface area contributed by atoms with Crippen molar-refractivity contribution in [3.63, 3.8) is 0 Å². The zero-order valence-corrected chi connectivity index (χ0v) is 14.2. The molecule has 0 bridgehead atoms. The SMILES string of the molecule is COCCOC(=O)C1=C(C)Nc2nnnn2C1c1ccc(C(=O)O)cc1. The van der Waals surface area contributed by atoms with Crippen LogP contribution in [0.2, 0.25) is 0 Å². The largest absolute Gasteiger partial charge is 0.478 e. The fourth-order valence-corrected chi connectivity index (χ4v) is 2.69. The van der Waals surface area contributed by atoms with Crippen molar-refractivity contribution >= 4 is 17.9 Å². The van der Waals surface area contributed by atoms with E-state index in [4.69, 9.17) is 14.6 Å². The molecule has 1 atom stereocenters. The fourth-order valence-electron chi connectivity index (χ4n) is 2.69. The minimum atomic E-state index is -1.03. The summed E-state index contributed by atoms with van der Waals surface area (Å²) >= 11 is 0. The molecule has 1 aromatic heterocycles. The highest BCUT2D eigenvalue weighted by Gasteiger charge is 2.34. The zero-order chi connectivity index (χ0) is 18.7. The lowest BCUT2D eigenvalue weighted by atomic mass is 9.95. The minimum Gasteiger partial charge on any atom is -0.478 e. The molecule has 1 aliphatic heterocycles. The molecular weight excluding hydrogens is 342 g/mol. The van der Waals surface area contributed by atoms with Gasteiger partial charge in [0.05, 0.1) is 17.7 Å². The molecule has 0 amide bonds. The number of carbonyl (C=O) groups excluding carboxylic acids is 1. The third-order valence-corrected chi connectivity index (χ3v) is 3.93. The number of nitrogens with zero attached hydrogens (tertiary/aromatic N) is 4. The van der Waals surface area contributed by atoms with E-state index in [-0.39, 0.29) is 18.8 Å². The van der Waals surface area contributed by atoms with Crippen molar-refractivity contribution in [2.75, 3.05) is 25.6 Å². The summed E-state index contributed by atoms with van der Waals surface area (Å²) in [6.07, 6.45) is 0. The van der Waals surface area contributed by atoms with Gasteiger partial charge < -0.3 is 19.9 Å². The van der Waals surface area contributed by atoms with Crippen LogP contribution in [0.1, 0.15) is 28.9 Å². The number of allylic oxidation sites excluding steroid dienone is 1. The molecule has 2 N–H and O–H groups in total. The summed E-state index contributed by atoms with van der Waals surface area (Å²) in [5, 5.41) is 23.5. The van der Waals surface area contributed by atoms with Crippen LogP contribution in [0.25, 0.3) is 0 Å². The predicted octanol–water partition coefficient (Wildman–Crippen LogP) is 0.850. The van der Waals surface area contributed by atoms with Crippen molar-refractivity contribution in [2.24, 2.45) is 0 Å². The van der Waals surface area contributed by atoms with E-state index in [0.29, 0.717) is 22.8 Å². The maximum Gasteiger partial charge on any atom is 0.338 e.